The number of hydrogen-bond donors (Lipinski definition) is 1. The second-order valence-electron chi connectivity index (χ2n) is 3.64. The standard InChI is InChI=1S/C12H12N2O2/c1-9(15)11-6-10(2-3-12(11)16)7-14-5-4-13-8-14/h2-6,8,16H,7H2,1H3. The van der Waals surface area contributed by atoms with Crippen molar-refractivity contribution in [3.05, 3.63) is 48.0 Å². The molecule has 1 heterocycles. The third kappa shape index (κ3) is 2.11. The van der Waals surface area contributed by atoms with Gasteiger partial charge in [0.1, 0.15) is 5.75 Å². The Morgan fingerprint density at radius 2 is 2.31 bits per heavy atom. The van der Waals surface area contributed by atoms with Gasteiger partial charge in [0, 0.05) is 18.9 Å². The summed E-state index contributed by atoms with van der Waals surface area (Å²) in [4.78, 5) is 15.2. The van der Waals surface area contributed by atoms with Gasteiger partial charge in [-0.2, -0.15) is 0 Å². The summed E-state index contributed by atoms with van der Waals surface area (Å²) in [5.74, 6) is -0.105. The highest BCUT2D eigenvalue weighted by Crippen LogP contribution is 2.19. The molecule has 16 heavy (non-hydrogen) atoms. The highest BCUT2D eigenvalue weighted by Gasteiger charge is 2.07. The summed E-state index contributed by atoms with van der Waals surface area (Å²) < 4.78 is 1.90. The van der Waals surface area contributed by atoms with E-state index in [1.165, 1.54) is 6.92 Å². The third-order valence-electron chi connectivity index (χ3n) is 2.36. The number of phenols is 1. The summed E-state index contributed by atoms with van der Waals surface area (Å²) in [6.45, 7) is 2.08. The van der Waals surface area contributed by atoms with Crippen molar-refractivity contribution in [3.63, 3.8) is 0 Å². The normalized spacial score (nSPS) is 10.3. The van der Waals surface area contributed by atoms with Gasteiger partial charge in [-0.15, -0.1) is 0 Å². The molecule has 0 saturated carbocycles. The van der Waals surface area contributed by atoms with Crippen LogP contribution in [0.15, 0.2) is 36.9 Å². The van der Waals surface area contributed by atoms with Gasteiger partial charge in [0.15, 0.2) is 5.78 Å². The number of rotatable bonds is 3. The highest BCUT2D eigenvalue weighted by atomic mass is 16.3. The van der Waals surface area contributed by atoms with E-state index in [1.54, 1.807) is 30.7 Å². The Balaban J connectivity index is 2.29. The Kier molecular flexibility index (Phi) is 2.72. The molecule has 0 saturated heterocycles. The van der Waals surface area contributed by atoms with Crippen LogP contribution in [0, 0.1) is 0 Å². The molecule has 0 aliphatic heterocycles. The van der Waals surface area contributed by atoms with E-state index in [1.807, 2.05) is 10.8 Å². The maximum Gasteiger partial charge on any atom is 0.163 e. The van der Waals surface area contributed by atoms with Gasteiger partial charge < -0.3 is 9.67 Å². The summed E-state index contributed by atoms with van der Waals surface area (Å²) >= 11 is 0. The van der Waals surface area contributed by atoms with Gasteiger partial charge in [0.05, 0.1) is 11.9 Å². The number of aromatic hydroxyl groups is 1. The van der Waals surface area contributed by atoms with Crippen LogP contribution in [0.4, 0.5) is 0 Å². The van der Waals surface area contributed by atoms with Crippen LogP contribution in [0.1, 0.15) is 22.8 Å². The van der Waals surface area contributed by atoms with Crippen LogP contribution >= 0.6 is 0 Å². The molecular weight excluding hydrogens is 204 g/mol. The molecule has 4 nitrogen and oxygen atoms in total. The Morgan fingerprint density at radius 1 is 1.50 bits per heavy atom. The van der Waals surface area contributed by atoms with Gasteiger partial charge in [-0.25, -0.2) is 4.98 Å². The van der Waals surface area contributed by atoms with Crippen molar-refractivity contribution in [2.45, 2.75) is 13.5 Å². The smallest absolute Gasteiger partial charge is 0.163 e. The highest BCUT2D eigenvalue weighted by molar-refractivity contribution is 5.96. The molecule has 4 heteroatoms. The molecule has 0 spiro atoms. The average Bonchev–Trinajstić information content (AvgIpc) is 2.73. The van der Waals surface area contributed by atoms with Crippen LogP contribution in [0.25, 0.3) is 0 Å². The van der Waals surface area contributed by atoms with Crippen molar-refractivity contribution < 1.29 is 9.90 Å². The number of nitrogens with zero attached hydrogens (tertiary/aromatic N) is 2. The van der Waals surface area contributed by atoms with E-state index in [4.69, 9.17) is 0 Å². The lowest BCUT2D eigenvalue weighted by Crippen LogP contribution is -1.99. The lowest BCUT2D eigenvalue weighted by molar-refractivity contribution is 0.101. The molecule has 0 fully saturated rings. The number of hydrogen-bond acceptors (Lipinski definition) is 3. The minimum Gasteiger partial charge on any atom is -0.507 e. The van der Waals surface area contributed by atoms with Gasteiger partial charge in [-0.05, 0) is 24.6 Å². The number of phenolic OH excluding ortho intramolecular Hbond substituents is 1. The zero-order chi connectivity index (χ0) is 11.5. The molecule has 2 rings (SSSR count). The van der Waals surface area contributed by atoms with Crippen molar-refractivity contribution >= 4 is 5.78 Å². The van der Waals surface area contributed by atoms with Crippen LogP contribution in [-0.2, 0) is 6.54 Å². The Morgan fingerprint density at radius 3 is 2.94 bits per heavy atom. The monoisotopic (exact) mass is 216 g/mol. The predicted octanol–water partition coefficient (Wildman–Crippen LogP) is 1.84. The van der Waals surface area contributed by atoms with E-state index in [0.29, 0.717) is 12.1 Å². The Hall–Kier alpha value is -2.10. The summed E-state index contributed by atoms with van der Waals surface area (Å²) in [5, 5.41) is 9.49. The van der Waals surface area contributed by atoms with Crippen molar-refractivity contribution in [1.29, 1.82) is 0 Å². The van der Waals surface area contributed by atoms with Crippen molar-refractivity contribution in [2.24, 2.45) is 0 Å². The summed E-state index contributed by atoms with van der Waals surface area (Å²) in [7, 11) is 0. The van der Waals surface area contributed by atoms with Gasteiger partial charge in [0.25, 0.3) is 0 Å². The first-order chi connectivity index (χ1) is 7.66. The first kappa shape index (κ1) is 10.4. The van der Waals surface area contributed by atoms with Gasteiger partial charge in [0.2, 0.25) is 0 Å². The molecule has 82 valence electrons. The fraction of sp³-hybridized carbons (Fsp3) is 0.167. The van der Waals surface area contributed by atoms with Gasteiger partial charge in [-0.1, -0.05) is 6.07 Å². The number of ketones is 1. The van der Waals surface area contributed by atoms with Gasteiger partial charge >= 0.3 is 0 Å². The zero-order valence-electron chi connectivity index (χ0n) is 8.92. The van der Waals surface area contributed by atoms with Gasteiger partial charge in [-0.3, -0.25) is 4.79 Å². The molecule has 0 radical (unpaired) electrons. The topological polar surface area (TPSA) is 55.1 Å². The number of carbonyl (C=O) groups excluding carboxylic acids is 1. The Bertz CT molecular complexity index is 504. The quantitative estimate of drug-likeness (QED) is 0.796. The van der Waals surface area contributed by atoms with E-state index in [0.717, 1.165) is 5.56 Å². The van der Waals surface area contributed by atoms with E-state index in [-0.39, 0.29) is 11.5 Å². The van der Waals surface area contributed by atoms with Crippen LogP contribution in [0.2, 0.25) is 0 Å². The van der Waals surface area contributed by atoms with E-state index >= 15 is 0 Å². The molecule has 1 aromatic heterocycles. The second kappa shape index (κ2) is 4.18. The summed E-state index contributed by atoms with van der Waals surface area (Å²) in [6, 6.07) is 5.04. The molecule has 0 unspecified atom stereocenters. The zero-order valence-corrected chi connectivity index (χ0v) is 8.92. The fourth-order valence-corrected chi connectivity index (χ4v) is 1.55. The SMILES string of the molecule is CC(=O)c1cc(Cn2ccnc2)ccc1O. The maximum absolute atomic E-state index is 11.2. The molecule has 1 N–H and O–H groups in total. The second-order valence-corrected chi connectivity index (χ2v) is 3.64. The molecular formula is C12H12N2O2. The first-order valence-electron chi connectivity index (χ1n) is 4.95. The van der Waals surface area contributed by atoms with Crippen LogP contribution < -0.4 is 0 Å². The van der Waals surface area contributed by atoms with Crippen molar-refractivity contribution in [1.82, 2.24) is 9.55 Å². The van der Waals surface area contributed by atoms with Crippen molar-refractivity contribution in [2.75, 3.05) is 0 Å². The summed E-state index contributed by atoms with van der Waals surface area (Å²) in [6.07, 6.45) is 5.26. The largest absolute Gasteiger partial charge is 0.507 e. The van der Waals surface area contributed by atoms with E-state index < -0.39 is 0 Å². The summed E-state index contributed by atoms with van der Waals surface area (Å²) in [5.41, 5.74) is 1.32. The lowest BCUT2D eigenvalue weighted by Gasteiger charge is -2.06. The van der Waals surface area contributed by atoms with Crippen LogP contribution in [0.3, 0.4) is 0 Å². The molecule has 2 aromatic rings. The third-order valence-corrected chi connectivity index (χ3v) is 2.36. The number of benzene rings is 1. The number of aromatic nitrogens is 2. The number of carbonyl (C=O) groups is 1. The average molecular weight is 216 g/mol. The molecule has 0 amide bonds. The Labute approximate surface area is 93.2 Å². The van der Waals surface area contributed by atoms with Crippen LogP contribution in [-0.4, -0.2) is 20.4 Å². The number of imidazole rings is 1. The molecule has 0 atom stereocenters. The number of Topliss-reactive ketones (excluding diaryl/α,β-unsaturated/α-hetero) is 1. The minimum absolute atomic E-state index is 0.0295. The first-order valence-corrected chi connectivity index (χ1v) is 4.95. The molecule has 0 bridgehead atoms. The van der Waals surface area contributed by atoms with E-state index in [2.05, 4.69) is 4.98 Å². The lowest BCUT2D eigenvalue weighted by atomic mass is 10.1. The van der Waals surface area contributed by atoms with Crippen molar-refractivity contribution in [3.8, 4) is 5.75 Å². The van der Waals surface area contributed by atoms with E-state index in [9.17, 15) is 9.90 Å². The predicted molar refractivity (Wildman–Crippen MR) is 59.4 cm³/mol. The minimum atomic E-state index is -0.134. The molecule has 1 aromatic carbocycles. The molecule has 0 aliphatic rings. The maximum atomic E-state index is 11.2. The van der Waals surface area contributed by atoms with Crippen LogP contribution in [0.5, 0.6) is 5.75 Å². The molecule has 0 aliphatic carbocycles. The fourth-order valence-electron chi connectivity index (χ4n) is 1.55.